The van der Waals surface area contributed by atoms with Gasteiger partial charge in [-0.25, -0.2) is 0 Å². The summed E-state index contributed by atoms with van der Waals surface area (Å²) in [5.41, 5.74) is 1.89. The Morgan fingerprint density at radius 2 is 2.27 bits per heavy atom. The summed E-state index contributed by atoms with van der Waals surface area (Å²) < 4.78 is 0. The van der Waals surface area contributed by atoms with Gasteiger partial charge in [0.05, 0.1) is 6.20 Å². The van der Waals surface area contributed by atoms with Crippen LogP contribution < -0.4 is 0 Å². The van der Waals surface area contributed by atoms with Crippen LogP contribution in [0.1, 0.15) is 5.56 Å². The minimum Gasteiger partial charge on any atom is -0.507 e. The first kappa shape index (κ1) is 6.28. The van der Waals surface area contributed by atoms with Gasteiger partial charge in [0.1, 0.15) is 5.75 Å². The van der Waals surface area contributed by atoms with Crippen molar-refractivity contribution in [1.29, 1.82) is 0 Å². The van der Waals surface area contributed by atoms with Gasteiger partial charge in [0, 0.05) is 10.9 Å². The van der Waals surface area contributed by atoms with Crippen LogP contribution in [0.2, 0.25) is 0 Å². The van der Waals surface area contributed by atoms with E-state index < -0.39 is 0 Å². The first-order valence-corrected chi connectivity index (χ1v) is 3.47. The molecule has 0 unspecified atom stereocenters. The zero-order valence-electron chi connectivity index (χ0n) is 6.18. The van der Waals surface area contributed by atoms with Crippen molar-refractivity contribution in [2.24, 2.45) is 0 Å². The fourth-order valence-electron chi connectivity index (χ4n) is 1.26. The number of aromatic hydroxyl groups is 1. The first-order valence-electron chi connectivity index (χ1n) is 3.47. The lowest BCUT2D eigenvalue weighted by Crippen LogP contribution is -1.69. The first-order chi connectivity index (χ1) is 5.29. The van der Waals surface area contributed by atoms with Gasteiger partial charge in [-0.15, -0.1) is 0 Å². The van der Waals surface area contributed by atoms with E-state index in [1.165, 1.54) is 0 Å². The van der Waals surface area contributed by atoms with Gasteiger partial charge < -0.3 is 10.1 Å². The lowest BCUT2D eigenvalue weighted by Gasteiger charge is -1.93. The Balaban J connectivity index is 2.96. The van der Waals surface area contributed by atoms with Crippen LogP contribution in [0.15, 0.2) is 18.2 Å². The number of fused-ring (bicyclic) bond motifs is 1. The number of phenols is 1. The van der Waals surface area contributed by atoms with Gasteiger partial charge in [-0.2, -0.15) is 0 Å². The largest absolute Gasteiger partial charge is 0.507 e. The van der Waals surface area contributed by atoms with E-state index in [0.717, 1.165) is 16.5 Å². The van der Waals surface area contributed by atoms with Crippen LogP contribution in [0.3, 0.4) is 0 Å². The summed E-state index contributed by atoms with van der Waals surface area (Å²) in [6.07, 6.45) is 2.93. The molecule has 2 nitrogen and oxygen atoms in total. The molecule has 1 aromatic heterocycles. The van der Waals surface area contributed by atoms with E-state index >= 15 is 0 Å². The Labute approximate surface area is 64.5 Å². The minimum atomic E-state index is 0.317. The highest BCUT2D eigenvalue weighted by atomic mass is 16.3. The van der Waals surface area contributed by atoms with Gasteiger partial charge in [0.2, 0.25) is 0 Å². The quantitative estimate of drug-likeness (QED) is 0.585. The van der Waals surface area contributed by atoms with Gasteiger partial charge >= 0.3 is 0 Å². The molecule has 2 aromatic rings. The van der Waals surface area contributed by atoms with Crippen molar-refractivity contribution in [3.63, 3.8) is 0 Å². The third-order valence-corrected chi connectivity index (χ3v) is 1.80. The number of aromatic amines is 1. The maximum absolute atomic E-state index is 9.40. The molecular weight excluding hydrogens is 138 g/mol. The molecule has 2 rings (SSSR count). The van der Waals surface area contributed by atoms with E-state index in [-0.39, 0.29) is 0 Å². The Morgan fingerprint density at radius 3 is 3.00 bits per heavy atom. The van der Waals surface area contributed by atoms with Crippen molar-refractivity contribution in [1.82, 2.24) is 4.98 Å². The zero-order chi connectivity index (χ0) is 7.84. The van der Waals surface area contributed by atoms with Crippen LogP contribution in [-0.4, -0.2) is 10.1 Å². The molecule has 0 atom stereocenters. The zero-order valence-corrected chi connectivity index (χ0v) is 6.18. The fraction of sp³-hybridized carbons (Fsp3) is 0.111. The summed E-state index contributed by atoms with van der Waals surface area (Å²) in [7, 11) is 0. The monoisotopic (exact) mass is 146 g/mol. The molecule has 0 aliphatic rings. The van der Waals surface area contributed by atoms with Crippen molar-refractivity contribution in [2.75, 3.05) is 0 Å². The SMILES string of the molecule is Cc1[c][nH]c2cccc(O)c12. The summed E-state index contributed by atoms with van der Waals surface area (Å²) in [4.78, 5) is 2.94. The van der Waals surface area contributed by atoms with E-state index in [1.54, 1.807) is 12.1 Å². The summed E-state index contributed by atoms with van der Waals surface area (Å²) in [5.74, 6) is 0.317. The van der Waals surface area contributed by atoms with Gasteiger partial charge in [-0.3, -0.25) is 0 Å². The highest BCUT2D eigenvalue weighted by Gasteiger charge is 2.02. The number of H-pyrrole nitrogens is 1. The predicted octanol–water partition coefficient (Wildman–Crippen LogP) is 1.98. The molecule has 0 spiro atoms. The van der Waals surface area contributed by atoms with E-state index in [2.05, 4.69) is 11.2 Å². The second-order valence-corrected chi connectivity index (χ2v) is 2.57. The average molecular weight is 146 g/mol. The highest BCUT2D eigenvalue weighted by Crippen LogP contribution is 2.25. The van der Waals surface area contributed by atoms with Crippen molar-refractivity contribution in [3.05, 3.63) is 30.0 Å². The molecule has 11 heavy (non-hydrogen) atoms. The Kier molecular flexibility index (Phi) is 1.15. The van der Waals surface area contributed by atoms with Crippen LogP contribution in [-0.2, 0) is 0 Å². The van der Waals surface area contributed by atoms with E-state index in [1.807, 2.05) is 13.0 Å². The van der Waals surface area contributed by atoms with Gasteiger partial charge in [0.15, 0.2) is 0 Å². The van der Waals surface area contributed by atoms with E-state index in [9.17, 15) is 5.11 Å². The van der Waals surface area contributed by atoms with Gasteiger partial charge in [-0.05, 0) is 24.6 Å². The molecule has 2 N–H and O–H groups in total. The number of nitrogens with one attached hydrogen (secondary N) is 1. The van der Waals surface area contributed by atoms with Crippen molar-refractivity contribution < 1.29 is 5.11 Å². The van der Waals surface area contributed by atoms with Gasteiger partial charge in [0.25, 0.3) is 0 Å². The minimum absolute atomic E-state index is 0.317. The normalized spacial score (nSPS) is 10.6. The third-order valence-electron chi connectivity index (χ3n) is 1.80. The molecule has 0 aliphatic heterocycles. The summed E-state index contributed by atoms with van der Waals surface area (Å²) >= 11 is 0. The molecule has 1 radical (unpaired) electrons. The maximum atomic E-state index is 9.40. The lowest BCUT2D eigenvalue weighted by molar-refractivity contribution is 0.481. The van der Waals surface area contributed by atoms with Crippen LogP contribution >= 0.6 is 0 Å². The van der Waals surface area contributed by atoms with Crippen molar-refractivity contribution >= 4 is 10.9 Å². The third kappa shape index (κ3) is 0.792. The lowest BCUT2D eigenvalue weighted by atomic mass is 10.2. The summed E-state index contributed by atoms with van der Waals surface area (Å²) in [5, 5.41) is 10.3. The smallest absolute Gasteiger partial charge is 0.125 e. The number of phenolic OH excluding ortho intramolecular Hbond substituents is 1. The van der Waals surface area contributed by atoms with E-state index in [4.69, 9.17) is 0 Å². The second kappa shape index (κ2) is 2.02. The van der Waals surface area contributed by atoms with Crippen LogP contribution in [0, 0.1) is 13.1 Å². The summed E-state index contributed by atoms with van der Waals surface area (Å²) in [6.45, 7) is 1.92. The average Bonchev–Trinajstić information content (AvgIpc) is 2.34. The topological polar surface area (TPSA) is 36.0 Å². The molecule has 1 heterocycles. The Hall–Kier alpha value is -1.44. The number of benzene rings is 1. The summed E-state index contributed by atoms with van der Waals surface area (Å²) in [6, 6.07) is 5.40. The van der Waals surface area contributed by atoms with E-state index in [0.29, 0.717) is 5.75 Å². The fourth-order valence-corrected chi connectivity index (χ4v) is 1.26. The number of aromatic nitrogens is 1. The van der Waals surface area contributed by atoms with Crippen LogP contribution in [0.25, 0.3) is 10.9 Å². The molecule has 0 amide bonds. The Bertz CT molecular complexity index is 389. The maximum Gasteiger partial charge on any atom is 0.125 e. The Morgan fingerprint density at radius 1 is 1.45 bits per heavy atom. The molecule has 0 aliphatic carbocycles. The molecule has 1 aromatic carbocycles. The molecule has 0 bridgehead atoms. The molecular formula is C9H8NO. The molecule has 0 fully saturated rings. The standard InChI is InChI=1S/C9H8NO/c1-6-5-10-7-3-2-4-8(11)9(6)7/h2-4,10-11H,1H3. The molecule has 2 heteroatoms. The molecule has 55 valence electrons. The van der Waals surface area contributed by atoms with Crippen LogP contribution in [0.5, 0.6) is 5.75 Å². The molecule has 0 saturated heterocycles. The van der Waals surface area contributed by atoms with Crippen molar-refractivity contribution in [3.8, 4) is 5.75 Å². The van der Waals surface area contributed by atoms with Crippen LogP contribution in [0.4, 0.5) is 0 Å². The number of rotatable bonds is 0. The van der Waals surface area contributed by atoms with Gasteiger partial charge in [-0.1, -0.05) is 6.07 Å². The second-order valence-electron chi connectivity index (χ2n) is 2.57. The van der Waals surface area contributed by atoms with Crippen molar-refractivity contribution in [2.45, 2.75) is 6.92 Å². The number of hydrogen-bond donors (Lipinski definition) is 2. The number of aryl methyl sites for hydroxylation is 1. The predicted molar refractivity (Wildman–Crippen MR) is 43.5 cm³/mol. The molecule has 0 saturated carbocycles. The number of hydrogen-bond acceptors (Lipinski definition) is 1. The highest BCUT2D eigenvalue weighted by molar-refractivity contribution is 5.88.